The molecular formula is C21H25FN4O3S. The molecule has 30 heavy (non-hydrogen) atoms. The molecule has 4 atom stereocenters. The van der Waals surface area contributed by atoms with Crippen LogP contribution in [0.2, 0.25) is 0 Å². The van der Waals surface area contributed by atoms with Gasteiger partial charge in [0.25, 0.3) is 0 Å². The van der Waals surface area contributed by atoms with Crippen LogP contribution < -0.4 is 0 Å². The molecule has 0 radical (unpaired) electrons. The van der Waals surface area contributed by atoms with Gasteiger partial charge >= 0.3 is 0 Å². The van der Waals surface area contributed by atoms with Crippen molar-refractivity contribution >= 4 is 23.2 Å². The van der Waals surface area contributed by atoms with Gasteiger partial charge in [-0.1, -0.05) is 5.16 Å². The Hall–Kier alpha value is -2.10. The number of fused-ring (bicyclic) bond motifs is 3. The van der Waals surface area contributed by atoms with Crippen LogP contribution in [0.15, 0.2) is 22.7 Å². The van der Waals surface area contributed by atoms with E-state index in [1.165, 1.54) is 11.0 Å². The lowest BCUT2D eigenvalue weighted by Crippen LogP contribution is -2.40. The first-order valence-corrected chi connectivity index (χ1v) is 11.3. The molecule has 9 heteroatoms. The van der Waals surface area contributed by atoms with Gasteiger partial charge < -0.3 is 9.42 Å². The Morgan fingerprint density at radius 2 is 2.07 bits per heavy atom. The topological polar surface area (TPSA) is 69.9 Å². The number of thiophene rings is 1. The third-order valence-electron chi connectivity index (χ3n) is 6.58. The molecule has 5 rings (SSSR count). The Bertz CT molecular complexity index is 973. The fourth-order valence-corrected chi connectivity index (χ4v) is 6.05. The van der Waals surface area contributed by atoms with Crippen LogP contribution in [0.25, 0.3) is 10.6 Å². The second-order valence-electron chi connectivity index (χ2n) is 8.65. The summed E-state index contributed by atoms with van der Waals surface area (Å²) in [6, 6.07) is 4.68. The highest BCUT2D eigenvalue weighted by Crippen LogP contribution is 2.53. The Kier molecular flexibility index (Phi) is 4.99. The number of nitrogens with zero attached hydrogens (tertiary/aromatic N) is 4. The molecular weight excluding hydrogens is 407 g/mol. The van der Waals surface area contributed by atoms with Crippen molar-refractivity contribution in [2.75, 3.05) is 33.7 Å². The fourth-order valence-electron chi connectivity index (χ4n) is 5.37. The van der Waals surface area contributed by atoms with Crippen molar-refractivity contribution in [3.8, 4) is 10.6 Å². The number of hydrogen-bond donors (Lipinski definition) is 0. The van der Waals surface area contributed by atoms with E-state index in [0.29, 0.717) is 22.9 Å². The molecule has 3 aliphatic rings. The first-order chi connectivity index (χ1) is 14.5. The number of aromatic nitrogens is 1. The van der Waals surface area contributed by atoms with Gasteiger partial charge in [0.15, 0.2) is 10.9 Å². The van der Waals surface area contributed by atoms with E-state index in [-0.39, 0.29) is 34.9 Å². The Morgan fingerprint density at radius 1 is 1.27 bits per heavy atom. The standard InChI is InChI=1S/C21H25FN4O3S/c1-24(2)8-4-10-26-20(27)17-13-5-3-9-25(13)19(18(17)21(26)28)12-11-14(29-23-12)15-6-7-16(22)30-15/h6-7,11,13,17-19H,3-5,8-10H2,1-2H3/t13-,17-,18-,19-/m0/s1. The SMILES string of the molecule is CN(C)CCCN1C(=O)[C@@H]2[C@H](C1=O)[C@H](c1cc(-c3ccc(F)s3)on1)N1CCC[C@@H]21. The van der Waals surface area contributed by atoms with Crippen LogP contribution in [0.3, 0.4) is 0 Å². The quantitative estimate of drug-likeness (QED) is 0.654. The number of imide groups is 1. The number of hydrogen-bond acceptors (Lipinski definition) is 7. The Balaban J connectivity index is 1.43. The predicted octanol–water partition coefficient (Wildman–Crippen LogP) is 2.61. The summed E-state index contributed by atoms with van der Waals surface area (Å²) in [5.41, 5.74) is 0.662. The second-order valence-corrected chi connectivity index (χ2v) is 9.68. The molecule has 7 nitrogen and oxygen atoms in total. The lowest BCUT2D eigenvalue weighted by atomic mass is 9.86. The number of carbonyl (C=O) groups excluding carboxylic acids is 2. The molecule has 0 aromatic carbocycles. The van der Waals surface area contributed by atoms with Crippen LogP contribution in [-0.2, 0) is 9.59 Å². The maximum atomic E-state index is 13.4. The summed E-state index contributed by atoms with van der Waals surface area (Å²) in [5, 5.41) is 3.97. The van der Waals surface area contributed by atoms with Crippen molar-refractivity contribution in [1.29, 1.82) is 0 Å². The minimum Gasteiger partial charge on any atom is -0.355 e. The van der Waals surface area contributed by atoms with E-state index in [9.17, 15) is 14.0 Å². The minimum absolute atomic E-state index is 0.0350. The van der Waals surface area contributed by atoms with Crippen LogP contribution in [0.1, 0.15) is 31.0 Å². The van der Waals surface area contributed by atoms with Gasteiger partial charge in [-0.2, -0.15) is 4.39 Å². The van der Waals surface area contributed by atoms with Crippen molar-refractivity contribution in [3.63, 3.8) is 0 Å². The summed E-state index contributed by atoms with van der Waals surface area (Å²) >= 11 is 1.00. The van der Waals surface area contributed by atoms with Crippen LogP contribution >= 0.6 is 11.3 Å². The maximum Gasteiger partial charge on any atom is 0.235 e. The molecule has 0 saturated carbocycles. The van der Waals surface area contributed by atoms with Crippen molar-refractivity contribution in [1.82, 2.24) is 19.9 Å². The normalized spacial score (nSPS) is 28.7. The highest BCUT2D eigenvalue weighted by atomic mass is 32.1. The molecule has 2 amide bonds. The highest BCUT2D eigenvalue weighted by Gasteiger charge is 2.63. The zero-order chi connectivity index (χ0) is 21.0. The van der Waals surface area contributed by atoms with Crippen LogP contribution in [0, 0.1) is 17.0 Å². The Labute approximate surface area is 178 Å². The number of carbonyl (C=O) groups is 2. The lowest BCUT2D eigenvalue weighted by molar-refractivity contribution is -0.141. The van der Waals surface area contributed by atoms with Gasteiger partial charge in [-0.3, -0.25) is 19.4 Å². The number of rotatable bonds is 6. The molecule has 0 spiro atoms. The molecule has 2 aromatic heterocycles. The smallest absolute Gasteiger partial charge is 0.235 e. The van der Waals surface area contributed by atoms with Crippen molar-refractivity contribution < 1.29 is 18.5 Å². The maximum absolute atomic E-state index is 13.4. The summed E-state index contributed by atoms with van der Waals surface area (Å²) in [7, 11) is 3.97. The van der Waals surface area contributed by atoms with E-state index in [1.807, 2.05) is 14.1 Å². The summed E-state index contributed by atoms with van der Waals surface area (Å²) in [4.78, 5) is 33.0. The van der Waals surface area contributed by atoms with E-state index >= 15 is 0 Å². The second kappa shape index (κ2) is 7.55. The summed E-state index contributed by atoms with van der Waals surface area (Å²) in [6.07, 6.45) is 2.69. The van der Waals surface area contributed by atoms with Gasteiger partial charge in [0.1, 0.15) is 5.69 Å². The molecule has 0 unspecified atom stereocenters. The summed E-state index contributed by atoms with van der Waals surface area (Å²) in [6.45, 7) is 2.13. The molecule has 0 bridgehead atoms. The molecule has 0 N–H and O–H groups in total. The van der Waals surface area contributed by atoms with E-state index in [2.05, 4.69) is 15.0 Å². The summed E-state index contributed by atoms with van der Waals surface area (Å²) < 4.78 is 18.9. The van der Waals surface area contributed by atoms with E-state index < -0.39 is 5.92 Å². The molecule has 0 aliphatic carbocycles. The predicted molar refractivity (Wildman–Crippen MR) is 109 cm³/mol. The third kappa shape index (κ3) is 3.11. The van der Waals surface area contributed by atoms with E-state index in [4.69, 9.17) is 4.52 Å². The van der Waals surface area contributed by atoms with Gasteiger partial charge in [0, 0.05) is 18.7 Å². The van der Waals surface area contributed by atoms with Crippen molar-refractivity contribution in [2.24, 2.45) is 11.8 Å². The molecule has 2 aromatic rings. The monoisotopic (exact) mass is 432 g/mol. The minimum atomic E-state index is -0.417. The number of likely N-dealkylation sites (tertiary alicyclic amines) is 1. The first-order valence-electron chi connectivity index (χ1n) is 10.4. The molecule has 3 saturated heterocycles. The average Bonchev–Trinajstić information content (AvgIpc) is 3.47. The van der Waals surface area contributed by atoms with E-state index in [1.54, 1.807) is 12.1 Å². The van der Waals surface area contributed by atoms with Crippen LogP contribution in [-0.4, -0.2) is 71.4 Å². The van der Waals surface area contributed by atoms with Gasteiger partial charge in [0.05, 0.1) is 22.8 Å². The molecule has 3 fully saturated rings. The van der Waals surface area contributed by atoms with Gasteiger partial charge in [0.2, 0.25) is 11.8 Å². The largest absolute Gasteiger partial charge is 0.355 e. The lowest BCUT2D eigenvalue weighted by Gasteiger charge is -2.27. The van der Waals surface area contributed by atoms with Crippen molar-refractivity contribution in [3.05, 3.63) is 29.0 Å². The van der Waals surface area contributed by atoms with E-state index in [0.717, 1.165) is 43.7 Å². The zero-order valence-corrected chi connectivity index (χ0v) is 17.9. The molecule has 160 valence electrons. The molecule has 3 aliphatic heterocycles. The first kappa shape index (κ1) is 19.8. The highest BCUT2D eigenvalue weighted by molar-refractivity contribution is 7.13. The Morgan fingerprint density at radius 3 is 2.80 bits per heavy atom. The van der Waals surface area contributed by atoms with Crippen LogP contribution in [0.4, 0.5) is 4.39 Å². The summed E-state index contributed by atoms with van der Waals surface area (Å²) in [5.74, 6) is -0.344. The van der Waals surface area contributed by atoms with Gasteiger partial charge in [-0.15, -0.1) is 11.3 Å². The van der Waals surface area contributed by atoms with Crippen molar-refractivity contribution in [2.45, 2.75) is 31.3 Å². The fraction of sp³-hybridized carbons (Fsp3) is 0.571. The average molecular weight is 433 g/mol. The number of halogens is 1. The zero-order valence-electron chi connectivity index (χ0n) is 17.1. The van der Waals surface area contributed by atoms with Crippen LogP contribution in [0.5, 0.6) is 0 Å². The van der Waals surface area contributed by atoms with Gasteiger partial charge in [-0.25, -0.2) is 0 Å². The van der Waals surface area contributed by atoms with Gasteiger partial charge in [-0.05, 0) is 58.6 Å². The third-order valence-corrected chi connectivity index (χ3v) is 7.47. The number of amides is 2. The molecule has 5 heterocycles.